The van der Waals surface area contributed by atoms with Crippen LogP contribution in [0, 0.1) is 5.92 Å². The Morgan fingerprint density at radius 2 is 2.00 bits per heavy atom. The van der Waals surface area contributed by atoms with Crippen LogP contribution < -0.4 is 4.72 Å². The summed E-state index contributed by atoms with van der Waals surface area (Å²) < 4.78 is 37.3. The van der Waals surface area contributed by atoms with Crippen LogP contribution in [0.15, 0.2) is 24.3 Å². The highest BCUT2D eigenvalue weighted by atomic mass is 35.5. The van der Waals surface area contributed by atoms with Crippen molar-refractivity contribution < 1.29 is 17.4 Å². The molecule has 1 aliphatic rings. The van der Waals surface area contributed by atoms with E-state index in [-0.39, 0.29) is 18.1 Å². The molecule has 188 valence electrons. The maximum absolute atomic E-state index is 13.0. The van der Waals surface area contributed by atoms with E-state index in [1.165, 1.54) is 5.56 Å². The van der Waals surface area contributed by atoms with Crippen molar-refractivity contribution in [2.24, 2.45) is 5.92 Å². The summed E-state index contributed by atoms with van der Waals surface area (Å²) in [6, 6.07) is 7.52. The molecule has 1 aromatic rings. The van der Waals surface area contributed by atoms with Gasteiger partial charge in [0.15, 0.2) is 0 Å². The van der Waals surface area contributed by atoms with Gasteiger partial charge in [0.1, 0.15) is 6.04 Å². The third-order valence-electron chi connectivity index (χ3n) is 6.22. The predicted octanol–water partition coefficient (Wildman–Crippen LogP) is 2.52. The zero-order valence-electron chi connectivity index (χ0n) is 20.1. The Morgan fingerprint density at radius 1 is 1.33 bits per heavy atom. The quantitative estimate of drug-likeness (QED) is 0.458. The molecule has 10 heteroatoms. The number of sulfonamides is 1. The highest BCUT2D eigenvalue weighted by Crippen LogP contribution is 2.22. The summed E-state index contributed by atoms with van der Waals surface area (Å²) in [5.74, 6) is 0.553. The van der Waals surface area contributed by atoms with Crippen LogP contribution in [0.25, 0.3) is 0 Å². The average molecular weight is 520 g/mol. The number of hydrogen-bond acceptors (Lipinski definition) is 5. The number of rotatable bonds is 12. The molecule has 3 unspecified atom stereocenters. The molecule has 1 aromatic carbocycles. The molecule has 1 amide bonds. The number of piperidine rings is 1. The lowest BCUT2D eigenvalue weighted by atomic mass is 9.94. The van der Waals surface area contributed by atoms with Gasteiger partial charge < -0.3 is 9.80 Å². The van der Waals surface area contributed by atoms with Crippen LogP contribution in [0.2, 0.25) is 5.02 Å². The van der Waals surface area contributed by atoms with Gasteiger partial charge in [0.2, 0.25) is 15.9 Å². The van der Waals surface area contributed by atoms with Gasteiger partial charge in [-0.05, 0) is 62.8 Å². The minimum atomic E-state index is -3.53. The number of amides is 1. The van der Waals surface area contributed by atoms with Crippen LogP contribution >= 0.6 is 11.6 Å². The molecule has 2 rings (SSSR count). The van der Waals surface area contributed by atoms with Crippen LogP contribution in [-0.2, 0) is 32.0 Å². The molecule has 33 heavy (non-hydrogen) atoms. The summed E-state index contributed by atoms with van der Waals surface area (Å²) in [4.78, 5) is 17.2. The second-order valence-electron chi connectivity index (χ2n) is 9.05. The molecule has 1 fully saturated rings. The van der Waals surface area contributed by atoms with Gasteiger partial charge in [0.25, 0.3) is 0 Å². The Kier molecular flexibility index (Phi) is 11.3. The molecule has 1 N–H and O–H groups in total. The predicted molar refractivity (Wildman–Crippen MR) is 136 cm³/mol. The van der Waals surface area contributed by atoms with Crippen LogP contribution in [0.5, 0.6) is 0 Å². The fourth-order valence-electron chi connectivity index (χ4n) is 4.42. The van der Waals surface area contributed by atoms with Crippen LogP contribution in [0.1, 0.15) is 38.7 Å². The SMILES string of the molecule is CCN(CC1CCN(C(=O)C(CCS(C)=O)NS(C)(=O)=O)CC1)C(C)Cc1cccc(Cl)c1. The van der Waals surface area contributed by atoms with Gasteiger partial charge >= 0.3 is 0 Å². The van der Waals surface area contributed by atoms with E-state index in [1.54, 1.807) is 11.2 Å². The summed E-state index contributed by atoms with van der Waals surface area (Å²) in [5.41, 5.74) is 1.23. The van der Waals surface area contributed by atoms with Gasteiger partial charge in [-0.15, -0.1) is 0 Å². The number of likely N-dealkylation sites (N-methyl/N-ethyl adjacent to an activating group) is 1. The lowest BCUT2D eigenvalue weighted by Gasteiger charge is -2.37. The van der Waals surface area contributed by atoms with E-state index in [9.17, 15) is 17.4 Å². The summed E-state index contributed by atoms with van der Waals surface area (Å²) in [6.07, 6.45) is 5.55. The molecule has 0 spiro atoms. The monoisotopic (exact) mass is 519 g/mol. The normalized spacial score (nSPS) is 18.3. The number of halogens is 1. The van der Waals surface area contributed by atoms with Crippen molar-refractivity contribution in [3.8, 4) is 0 Å². The molecular formula is C23H38ClN3O4S2. The molecular weight excluding hydrogens is 482 g/mol. The first-order chi connectivity index (χ1) is 15.5. The van der Waals surface area contributed by atoms with E-state index in [1.807, 2.05) is 18.2 Å². The topological polar surface area (TPSA) is 86.8 Å². The van der Waals surface area contributed by atoms with Crippen LogP contribution in [0.3, 0.4) is 0 Å². The van der Waals surface area contributed by atoms with Crippen molar-refractivity contribution in [3.63, 3.8) is 0 Å². The zero-order chi connectivity index (χ0) is 24.6. The largest absolute Gasteiger partial charge is 0.341 e. The molecule has 0 aromatic heterocycles. The lowest BCUT2D eigenvalue weighted by molar-refractivity contribution is -0.134. The number of likely N-dealkylation sites (tertiary alicyclic amines) is 1. The standard InChI is InChI=1S/C23H38ClN3O4S2/c1-5-26(18(2)15-20-7-6-8-21(24)16-20)17-19-9-12-27(13-10-19)23(28)22(11-14-32(3)29)25-33(4,30)31/h6-8,16,18-19,22,25H,5,9-15,17H2,1-4H3. The van der Waals surface area contributed by atoms with Gasteiger partial charge in [0.05, 0.1) is 6.26 Å². The number of nitrogens with zero attached hydrogens (tertiary/aromatic N) is 2. The Balaban J connectivity index is 1.90. The minimum absolute atomic E-state index is 0.217. The Bertz CT molecular complexity index is 905. The van der Waals surface area contributed by atoms with E-state index in [4.69, 9.17) is 11.6 Å². The lowest BCUT2D eigenvalue weighted by Crippen LogP contribution is -2.51. The van der Waals surface area contributed by atoms with Gasteiger partial charge in [-0.3, -0.25) is 9.00 Å². The van der Waals surface area contributed by atoms with E-state index >= 15 is 0 Å². The minimum Gasteiger partial charge on any atom is -0.341 e. The van der Waals surface area contributed by atoms with Crippen molar-refractivity contribution in [2.75, 3.05) is 44.4 Å². The fourth-order valence-corrected chi connectivity index (χ4v) is 5.93. The molecule has 1 heterocycles. The van der Waals surface area contributed by atoms with E-state index < -0.39 is 26.9 Å². The average Bonchev–Trinajstić information content (AvgIpc) is 2.74. The second kappa shape index (κ2) is 13.2. The molecule has 1 saturated heterocycles. The van der Waals surface area contributed by atoms with Gasteiger partial charge in [-0.1, -0.05) is 30.7 Å². The summed E-state index contributed by atoms with van der Waals surface area (Å²) in [6.45, 7) is 7.56. The number of benzene rings is 1. The van der Waals surface area contributed by atoms with Crippen molar-refractivity contribution in [3.05, 3.63) is 34.9 Å². The Labute approximate surface area is 206 Å². The summed E-state index contributed by atoms with van der Waals surface area (Å²) in [7, 11) is -4.62. The third kappa shape index (κ3) is 10.0. The molecule has 7 nitrogen and oxygen atoms in total. The van der Waals surface area contributed by atoms with Gasteiger partial charge in [-0.25, -0.2) is 13.1 Å². The first-order valence-corrected chi connectivity index (χ1v) is 15.5. The molecule has 3 atom stereocenters. The van der Waals surface area contributed by atoms with Crippen molar-refractivity contribution in [1.82, 2.24) is 14.5 Å². The van der Waals surface area contributed by atoms with E-state index in [2.05, 4.69) is 29.5 Å². The van der Waals surface area contributed by atoms with Crippen molar-refractivity contribution >= 4 is 38.3 Å². The van der Waals surface area contributed by atoms with Crippen LogP contribution in [0.4, 0.5) is 0 Å². The molecule has 0 bridgehead atoms. The number of carbonyl (C=O) groups excluding carboxylic acids is 1. The Morgan fingerprint density at radius 3 is 2.55 bits per heavy atom. The Hall–Kier alpha value is -1.00. The van der Waals surface area contributed by atoms with E-state index in [0.29, 0.717) is 25.0 Å². The summed E-state index contributed by atoms with van der Waals surface area (Å²) >= 11 is 6.13. The number of hydrogen-bond donors (Lipinski definition) is 1. The molecule has 0 saturated carbocycles. The number of carbonyl (C=O) groups is 1. The highest BCUT2D eigenvalue weighted by Gasteiger charge is 2.31. The highest BCUT2D eigenvalue weighted by molar-refractivity contribution is 7.88. The van der Waals surface area contributed by atoms with Gasteiger partial charge in [-0.2, -0.15) is 0 Å². The maximum Gasteiger partial charge on any atom is 0.240 e. The van der Waals surface area contributed by atoms with E-state index in [0.717, 1.165) is 43.6 Å². The zero-order valence-corrected chi connectivity index (χ0v) is 22.5. The second-order valence-corrected chi connectivity index (χ2v) is 12.8. The molecule has 0 radical (unpaired) electrons. The smallest absolute Gasteiger partial charge is 0.240 e. The first-order valence-electron chi connectivity index (χ1n) is 11.5. The molecule has 1 aliphatic heterocycles. The van der Waals surface area contributed by atoms with Crippen molar-refractivity contribution in [1.29, 1.82) is 0 Å². The van der Waals surface area contributed by atoms with Crippen molar-refractivity contribution in [2.45, 2.75) is 51.6 Å². The fraction of sp³-hybridized carbons (Fsp3) is 0.696. The van der Waals surface area contributed by atoms with Crippen LogP contribution in [-0.4, -0.2) is 84.9 Å². The third-order valence-corrected chi connectivity index (χ3v) is 7.98. The van der Waals surface area contributed by atoms with Gasteiger partial charge in [0, 0.05) is 53.5 Å². The number of nitrogens with one attached hydrogen (secondary N) is 1. The first kappa shape index (κ1) is 28.2. The maximum atomic E-state index is 13.0. The summed E-state index contributed by atoms with van der Waals surface area (Å²) in [5, 5.41) is 0.758. The molecule has 0 aliphatic carbocycles.